The van der Waals surface area contributed by atoms with Crippen molar-refractivity contribution in [3.8, 4) is 0 Å². The summed E-state index contributed by atoms with van der Waals surface area (Å²) in [5, 5.41) is 10.0. The van der Waals surface area contributed by atoms with Gasteiger partial charge in [-0.15, -0.1) is 0 Å². The second-order valence-electron chi connectivity index (χ2n) is 2.17. The van der Waals surface area contributed by atoms with Crippen molar-refractivity contribution in [3.05, 3.63) is 0 Å². The number of rotatable bonds is 0. The Morgan fingerprint density at radius 3 is 1.83 bits per heavy atom. The maximum Gasteiger partial charge on any atom is 0.300 e. The van der Waals surface area contributed by atoms with Crippen molar-refractivity contribution in [1.82, 2.24) is 5.32 Å². The molecule has 4 heteroatoms. The summed E-state index contributed by atoms with van der Waals surface area (Å²) in [6.07, 6.45) is 0. The molecule has 1 saturated heterocycles. The second-order valence-corrected chi connectivity index (χ2v) is 2.17. The van der Waals surface area contributed by atoms with Crippen molar-refractivity contribution in [2.45, 2.75) is 27.7 Å². The van der Waals surface area contributed by atoms with E-state index in [-0.39, 0.29) is 11.8 Å². The van der Waals surface area contributed by atoms with E-state index in [4.69, 9.17) is 9.90 Å². The third-order valence-corrected chi connectivity index (χ3v) is 1.03. The average molecular weight is 175 g/mol. The summed E-state index contributed by atoms with van der Waals surface area (Å²) >= 11 is 0. The molecule has 0 aromatic carbocycles. The van der Waals surface area contributed by atoms with Crippen molar-refractivity contribution < 1.29 is 14.7 Å². The van der Waals surface area contributed by atoms with Gasteiger partial charge in [0.1, 0.15) is 0 Å². The van der Waals surface area contributed by atoms with E-state index in [9.17, 15) is 4.79 Å². The molecule has 1 rings (SSSR count). The van der Waals surface area contributed by atoms with E-state index in [0.717, 1.165) is 13.5 Å². The van der Waals surface area contributed by atoms with Gasteiger partial charge < -0.3 is 10.4 Å². The van der Waals surface area contributed by atoms with Crippen LogP contribution in [0.25, 0.3) is 0 Å². The Hall–Kier alpha value is -1.06. The Kier molecular flexibility index (Phi) is 9.06. The van der Waals surface area contributed by atoms with E-state index in [1.165, 1.54) is 0 Å². The van der Waals surface area contributed by atoms with E-state index in [1.54, 1.807) is 0 Å². The zero-order chi connectivity index (χ0) is 10.1. The Balaban J connectivity index is 0. The number of nitrogens with one attached hydrogen (secondary N) is 1. The lowest BCUT2D eigenvalue weighted by Gasteiger charge is -2.20. The van der Waals surface area contributed by atoms with Gasteiger partial charge in [0.05, 0.1) is 5.92 Å². The maximum atomic E-state index is 10.1. The van der Waals surface area contributed by atoms with Crippen molar-refractivity contribution >= 4 is 11.9 Å². The molecule has 0 saturated carbocycles. The first-order valence-electron chi connectivity index (χ1n) is 4.01. The monoisotopic (exact) mass is 175 g/mol. The number of carboxylic acid groups (broad SMARTS) is 1. The number of aliphatic carboxylic acids is 1. The lowest BCUT2D eigenvalue weighted by atomic mass is 10.1. The Morgan fingerprint density at radius 1 is 1.58 bits per heavy atom. The fourth-order valence-electron chi connectivity index (χ4n) is 0.390. The highest BCUT2D eigenvalue weighted by molar-refractivity contribution is 5.83. The largest absolute Gasteiger partial charge is 0.481 e. The number of amides is 1. The number of carbonyl (C=O) groups is 2. The summed E-state index contributed by atoms with van der Waals surface area (Å²) in [7, 11) is 0. The number of hydrogen-bond donors (Lipinski definition) is 2. The van der Waals surface area contributed by atoms with E-state index in [0.29, 0.717) is 0 Å². The summed E-state index contributed by atoms with van der Waals surface area (Å²) in [4.78, 5) is 19.1. The van der Waals surface area contributed by atoms with Gasteiger partial charge in [-0.1, -0.05) is 20.8 Å². The van der Waals surface area contributed by atoms with E-state index in [1.807, 2.05) is 20.8 Å². The van der Waals surface area contributed by atoms with Crippen LogP contribution >= 0.6 is 0 Å². The van der Waals surface area contributed by atoms with Crippen molar-refractivity contribution in [1.29, 1.82) is 0 Å². The minimum absolute atomic E-state index is 0.190. The zero-order valence-electron chi connectivity index (χ0n) is 8.05. The first kappa shape index (κ1) is 13.5. The number of β-lactam (4-membered cyclic amide) rings is 1. The smallest absolute Gasteiger partial charge is 0.300 e. The van der Waals surface area contributed by atoms with Crippen LogP contribution in [0, 0.1) is 5.92 Å². The zero-order valence-corrected chi connectivity index (χ0v) is 8.05. The summed E-state index contributed by atoms with van der Waals surface area (Å²) in [6.45, 7) is 7.87. The molecule has 0 radical (unpaired) electrons. The third kappa shape index (κ3) is 8.94. The molecule has 4 nitrogen and oxygen atoms in total. The lowest BCUT2D eigenvalue weighted by Crippen LogP contribution is -2.46. The Labute approximate surface area is 73.0 Å². The van der Waals surface area contributed by atoms with Crippen LogP contribution in [0.5, 0.6) is 0 Å². The van der Waals surface area contributed by atoms with E-state index in [2.05, 4.69) is 5.32 Å². The molecule has 0 aromatic rings. The molecule has 1 fully saturated rings. The van der Waals surface area contributed by atoms with Gasteiger partial charge in [-0.05, 0) is 0 Å². The van der Waals surface area contributed by atoms with Gasteiger partial charge >= 0.3 is 0 Å². The van der Waals surface area contributed by atoms with Gasteiger partial charge in [0.15, 0.2) is 0 Å². The van der Waals surface area contributed by atoms with Crippen LogP contribution in [0.3, 0.4) is 0 Å². The van der Waals surface area contributed by atoms with Crippen LogP contribution in [0.2, 0.25) is 0 Å². The van der Waals surface area contributed by atoms with Gasteiger partial charge in [-0.25, -0.2) is 0 Å². The highest BCUT2D eigenvalue weighted by atomic mass is 16.4. The highest BCUT2D eigenvalue weighted by Gasteiger charge is 2.20. The predicted octanol–water partition coefficient (Wildman–Crippen LogP) is 0.869. The molecule has 2 N–H and O–H groups in total. The van der Waals surface area contributed by atoms with Crippen molar-refractivity contribution in [3.63, 3.8) is 0 Å². The molecule has 72 valence electrons. The first-order chi connectivity index (χ1) is 5.54. The molecule has 1 heterocycles. The SMILES string of the molecule is CC.CC(=O)O.CC1CNC1=O. The Morgan fingerprint density at radius 2 is 1.83 bits per heavy atom. The molecular weight excluding hydrogens is 158 g/mol. The van der Waals surface area contributed by atoms with E-state index < -0.39 is 5.97 Å². The second kappa shape index (κ2) is 8.04. The molecule has 1 unspecified atom stereocenters. The standard InChI is InChI=1S/C4H7NO.C2H4O2.C2H6/c1-3-2-5-4(3)6;1-2(3)4;1-2/h3H,2H2,1H3,(H,5,6);1H3,(H,3,4);1-2H3. The fraction of sp³-hybridized carbons (Fsp3) is 0.750. The summed E-state index contributed by atoms with van der Waals surface area (Å²) in [5.74, 6) is -0.361. The molecule has 0 spiro atoms. The van der Waals surface area contributed by atoms with Gasteiger partial charge in [0.25, 0.3) is 5.97 Å². The molecule has 0 aromatic heterocycles. The van der Waals surface area contributed by atoms with Gasteiger partial charge in [0.2, 0.25) is 5.91 Å². The van der Waals surface area contributed by atoms with Crippen LogP contribution in [-0.4, -0.2) is 23.5 Å². The predicted molar refractivity (Wildman–Crippen MR) is 46.8 cm³/mol. The molecule has 1 aliphatic heterocycles. The van der Waals surface area contributed by atoms with Gasteiger partial charge in [-0.2, -0.15) is 0 Å². The fourth-order valence-corrected chi connectivity index (χ4v) is 0.390. The molecule has 1 amide bonds. The molecular formula is C8H17NO3. The van der Waals surface area contributed by atoms with Crippen molar-refractivity contribution in [2.24, 2.45) is 5.92 Å². The maximum absolute atomic E-state index is 10.1. The Bertz CT molecular complexity index is 141. The van der Waals surface area contributed by atoms with E-state index >= 15 is 0 Å². The summed E-state index contributed by atoms with van der Waals surface area (Å²) in [6, 6.07) is 0. The average Bonchev–Trinajstić information content (AvgIpc) is 2.04. The molecule has 1 aliphatic rings. The topological polar surface area (TPSA) is 66.4 Å². The quantitative estimate of drug-likeness (QED) is 0.537. The number of carbonyl (C=O) groups excluding carboxylic acids is 1. The normalized spacial score (nSPS) is 18.3. The first-order valence-corrected chi connectivity index (χ1v) is 4.01. The van der Waals surface area contributed by atoms with Gasteiger partial charge in [0, 0.05) is 13.5 Å². The van der Waals surface area contributed by atoms with Gasteiger partial charge in [-0.3, -0.25) is 9.59 Å². The van der Waals surface area contributed by atoms with Crippen LogP contribution in [0.1, 0.15) is 27.7 Å². The highest BCUT2D eigenvalue weighted by Crippen LogP contribution is 2.00. The molecule has 0 bridgehead atoms. The summed E-state index contributed by atoms with van der Waals surface area (Å²) in [5.41, 5.74) is 0. The van der Waals surface area contributed by atoms with Crippen LogP contribution < -0.4 is 5.32 Å². The molecule has 1 atom stereocenters. The third-order valence-electron chi connectivity index (χ3n) is 1.03. The van der Waals surface area contributed by atoms with Crippen LogP contribution in [-0.2, 0) is 9.59 Å². The summed E-state index contributed by atoms with van der Waals surface area (Å²) < 4.78 is 0. The molecule has 12 heavy (non-hydrogen) atoms. The molecule has 0 aliphatic carbocycles. The minimum Gasteiger partial charge on any atom is -0.481 e. The number of carboxylic acids is 1. The van der Waals surface area contributed by atoms with Crippen LogP contribution in [0.4, 0.5) is 0 Å². The lowest BCUT2D eigenvalue weighted by molar-refractivity contribution is -0.134. The number of hydrogen-bond acceptors (Lipinski definition) is 2. The van der Waals surface area contributed by atoms with Crippen molar-refractivity contribution in [2.75, 3.05) is 6.54 Å². The van der Waals surface area contributed by atoms with Crippen LogP contribution in [0.15, 0.2) is 0 Å². The minimum atomic E-state index is -0.833.